The van der Waals surface area contributed by atoms with E-state index in [0.29, 0.717) is 17.8 Å². The average Bonchev–Trinajstić information content (AvgIpc) is 3.00. The lowest BCUT2D eigenvalue weighted by atomic mass is 10.0. The molecule has 0 atom stereocenters. The maximum absolute atomic E-state index is 13.5. The van der Waals surface area contributed by atoms with Crippen molar-refractivity contribution in [1.82, 2.24) is 19.7 Å². The van der Waals surface area contributed by atoms with Crippen LogP contribution in [-0.2, 0) is 19.8 Å². The Kier molecular flexibility index (Phi) is 5.36. The topological polar surface area (TPSA) is 95.9 Å². The molecule has 146 valence electrons. The van der Waals surface area contributed by atoms with Crippen LogP contribution in [0.4, 0.5) is 13.2 Å². The number of carbonyl (C=O) groups is 1. The van der Waals surface area contributed by atoms with E-state index < -0.39 is 17.6 Å². The summed E-state index contributed by atoms with van der Waals surface area (Å²) < 4.78 is 48.1. The second kappa shape index (κ2) is 7.58. The van der Waals surface area contributed by atoms with Crippen LogP contribution >= 0.6 is 15.9 Å². The van der Waals surface area contributed by atoms with E-state index in [-0.39, 0.29) is 23.6 Å². The van der Waals surface area contributed by atoms with Crippen LogP contribution in [0.2, 0.25) is 0 Å². The smallest absolute Gasteiger partial charge is 0.417 e. The monoisotopic (exact) mass is 455 g/mol. The molecule has 3 aromatic rings. The Hall–Kier alpha value is -2.95. The molecule has 2 aromatic heterocycles. The van der Waals surface area contributed by atoms with E-state index in [1.807, 2.05) is 0 Å². The number of rotatable bonds is 5. The van der Waals surface area contributed by atoms with Gasteiger partial charge in [0.05, 0.1) is 5.56 Å². The quantitative estimate of drug-likeness (QED) is 0.636. The Morgan fingerprint density at radius 3 is 2.61 bits per heavy atom. The van der Waals surface area contributed by atoms with Gasteiger partial charge in [0.2, 0.25) is 11.8 Å². The number of halogens is 4. The molecule has 0 aliphatic heterocycles. The number of nitrogens with zero attached hydrogens (tertiary/aromatic N) is 4. The molecule has 11 heteroatoms. The third kappa shape index (κ3) is 4.14. The molecule has 2 heterocycles. The predicted octanol–water partition coefficient (Wildman–Crippen LogP) is 3.34. The van der Waals surface area contributed by atoms with E-state index >= 15 is 0 Å². The molecule has 0 fully saturated rings. The van der Waals surface area contributed by atoms with Crippen LogP contribution in [0.3, 0.4) is 0 Å². The number of ether oxygens (including phenoxy) is 1. The van der Waals surface area contributed by atoms with Crippen molar-refractivity contribution in [1.29, 1.82) is 0 Å². The van der Waals surface area contributed by atoms with E-state index in [2.05, 4.69) is 31.1 Å². The minimum Gasteiger partial charge on any atom is -0.469 e. The highest BCUT2D eigenvalue weighted by Gasteiger charge is 2.35. The van der Waals surface area contributed by atoms with Crippen LogP contribution in [0, 0.1) is 0 Å². The minimum atomic E-state index is -4.70. The number of amides is 1. The zero-order chi connectivity index (χ0) is 20.5. The number of alkyl halides is 3. The van der Waals surface area contributed by atoms with Gasteiger partial charge >= 0.3 is 6.18 Å². The van der Waals surface area contributed by atoms with Crippen molar-refractivity contribution < 1.29 is 22.7 Å². The summed E-state index contributed by atoms with van der Waals surface area (Å²) in [5.41, 5.74) is 3.59. The van der Waals surface area contributed by atoms with Gasteiger partial charge in [-0.1, -0.05) is 0 Å². The Labute approximate surface area is 165 Å². The van der Waals surface area contributed by atoms with Gasteiger partial charge in [0.15, 0.2) is 11.6 Å². The first kappa shape index (κ1) is 19.8. The number of pyridine rings is 1. The fourth-order valence-electron chi connectivity index (χ4n) is 2.43. The molecule has 0 bridgehead atoms. The van der Waals surface area contributed by atoms with E-state index in [0.717, 1.165) is 10.5 Å². The van der Waals surface area contributed by atoms with Crippen LogP contribution in [0.15, 0.2) is 41.0 Å². The molecule has 2 N–H and O–H groups in total. The summed E-state index contributed by atoms with van der Waals surface area (Å²) in [5, 5.41) is 7.75. The van der Waals surface area contributed by atoms with Gasteiger partial charge in [-0.3, -0.25) is 4.79 Å². The molecule has 0 unspecified atom stereocenters. The van der Waals surface area contributed by atoms with E-state index in [9.17, 15) is 18.0 Å². The third-order valence-corrected chi connectivity index (χ3v) is 4.33. The largest absolute Gasteiger partial charge is 0.469 e. The highest BCUT2D eigenvalue weighted by Crippen LogP contribution is 2.37. The number of hydrogen-bond acceptors (Lipinski definition) is 5. The highest BCUT2D eigenvalue weighted by molar-refractivity contribution is 9.10. The zero-order valence-electron chi connectivity index (χ0n) is 14.4. The van der Waals surface area contributed by atoms with Crippen molar-refractivity contribution in [3.63, 3.8) is 0 Å². The molecule has 0 saturated carbocycles. The van der Waals surface area contributed by atoms with Crippen molar-refractivity contribution >= 4 is 21.8 Å². The van der Waals surface area contributed by atoms with Gasteiger partial charge in [0, 0.05) is 34.9 Å². The zero-order valence-corrected chi connectivity index (χ0v) is 16.0. The maximum Gasteiger partial charge on any atom is 0.417 e. The standard InChI is InChI=1S/C17H13BrF3N5O2/c1-26-13(8-28-14-5-3-10(18)7-23-14)24-25-16(26)11-4-2-9(15(22)27)6-12(11)17(19,20)21/h2-7H,8H2,1H3,(H2,22,27). The number of hydrogen-bond donors (Lipinski definition) is 1. The summed E-state index contributed by atoms with van der Waals surface area (Å²) in [6, 6.07) is 6.43. The Balaban J connectivity index is 1.92. The summed E-state index contributed by atoms with van der Waals surface area (Å²) >= 11 is 3.25. The van der Waals surface area contributed by atoms with Gasteiger partial charge in [-0.2, -0.15) is 13.2 Å². The van der Waals surface area contributed by atoms with Crippen LogP contribution in [0.5, 0.6) is 5.88 Å². The second-order valence-electron chi connectivity index (χ2n) is 5.72. The predicted molar refractivity (Wildman–Crippen MR) is 96.2 cm³/mol. The van der Waals surface area contributed by atoms with Gasteiger partial charge in [-0.25, -0.2) is 4.98 Å². The lowest BCUT2D eigenvalue weighted by molar-refractivity contribution is -0.137. The first-order chi connectivity index (χ1) is 13.2. The van der Waals surface area contributed by atoms with E-state index in [1.165, 1.54) is 17.7 Å². The molecular formula is C17H13BrF3N5O2. The number of benzene rings is 1. The van der Waals surface area contributed by atoms with Gasteiger partial charge < -0.3 is 15.0 Å². The number of primary amides is 1. The number of aromatic nitrogens is 4. The van der Waals surface area contributed by atoms with E-state index in [4.69, 9.17) is 10.5 Å². The van der Waals surface area contributed by atoms with Crippen LogP contribution in [0.25, 0.3) is 11.4 Å². The Morgan fingerprint density at radius 2 is 2.00 bits per heavy atom. The van der Waals surface area contributed by atoms with Crippen LogP contribution in [-0.4, -0.2) is 25.7 Å². The van der Waals surface area contributed by atoms with Crippen molar-refractivity contribution in [2.45, 2.75) is 12.8 Å². The molecule has 28 heavy (non-hydrogen) atoms. The molecule has 3 rings (SSSR count). The van der Waals surface area contributed by atoms with Crippen molar-refractivity contribution in [2.24, 2.45) is 12.8 Å². The Morgan fingerprint density at radius 1 is 1.25 bits per heavy atom. The van der Waals surface area contributed by atoms with Crippen LogP contribution < -0.4 is 10.5 Å². The summed E-state index contributed by atoms with van der Waals surface area (Å²) in [6.07, 6.45) is -3.15. The van der Waals surface area contributed by atoms with Gasteiger partial charge in [0.25, 0.3) is 0 Å². The molecule has 0 saturated heterocycles. The maximum atomic E-state index is 13.5. The van der Waals surface area contributed by atoms with Crippen LogP contribution in [0.1, 0.15) is 21.7 Å². The average molecular weight is 456 g/mol. The van der Waals surface area contributed by atoms with E-state index in [1.54, 1.807) is 18.3 Å². The lowest BCUT2D eigenvalue weighted by Crippen LogP contribution is -2.15. The summed E-state index contributed by atoms with van der Waals surface area (Å²) in [4.78, 5) is 15.3. The van der Waals surface area contributed by atoms with Crippen molar-refractivity contribution in [3.8, 4) is 17.3 Å². The fourth-order valence-corrected chi connectivity index (χ4v) is 2.67. The Bertz CT molecular complexity index is 1020. The molecule has 7 nitrogen and oxygen atoms in total. The normalized spacial score (nSPS) is 11.5. The number of carbonyl (C=O) groups excluding carboxylic acids is 1. The molecule has 0 aliphatic carbocycles. The first-order valence-electron chi connectivity index (χ1n) is 7.81. The molecule has 1 aromatic carbocycles. The number of nitrogens with two attached hydrogens (primary N) is 1. The SMILES string of the molecule is Cn1c(COc2ccc(Br)cn2)nnc1-c1ccc(C(N)=O)cc1C(F)(F)F. The van der Waals surface area contributed by atoms with Gasteiger partial charge in [-0.05, 0) is 40.2 Å². The second-order valence-corrected chi connectivity index (χ2v) is 6.64. The highest BCUT2D eigenvalue weighted by atomic mass is 79.9. The molecule has 1 amide bonds. The molecule has 0 radical (unpaired) electrons. The summed E-state index contributed by atoms with van der Waals surface area (Å²) in [7, 11) is 1.52. The minimum absolute atomic E-state index is 0.0225. The summed E-state index contributed by atoms with van der Waals surface area (Å²) in [6.45, 7) is -0.0428. The molecule has 0 spiro atoms. The molecule has 0 aliphatic rings. The van der Waals surface area contributed by atoms with Crippen molar-refractivity contribution in [2.75, 3.05) is 0 Å². The third-order valence-electron chi connectivity index (χ3n) is 3.86. The van der Waals surface area contributed by atoms with Crippen molar-refractivity contribution in [3.05, 3.63) is 58.0 Å². The fraction of sp³-hybridized carbons (Fsp3) is 0.176. The first-order valence-corrected chi connectivity index (χ1v) is 8.60. The lowest BCUT2D eigenvalue weighted by Gasteiger charge is -2.13. The summed E-state index contributed by atoms with van der Waals surface area (Å²) in [5.74, 6) is -0.349. The molecular weight excluding hydrogens is 443 g/mol. The van der Waals surface area contributed by atoms with Gasteiger partial charge in [0.1, 0.15) is 6.61 Å². The van der Waals surface area contributed by atoms with Gasteiger partial charge in [-0.15, -0.1) is 10.2 Å².